The molecule has 0 radical (unpaired) electrons. The number of nitrogens with zero attached hydrogens (tertiary/aromatic N) is 1. The van der Waals surface area contributed by atoms with Crippen molar-refractivity contribution >= 4 is 23.5 Å². The summed E-state index contributed by atoms with van der Waals surface area (Å²) in [5, 5.41) is 3.30. The second-order valence-electron chi connectivity index (χ2n) is 8.12. The van der Waals surface area contributed by atoms with Gasteiger partial charge >= 0.3 is 5.97 Å². The first-order valence-electron chi connectivity index (χ1n) is 10.4. The number of methoxy groups -OCH3 is 1. The molecule has 2 saturated heterocycles. The van der Waals surface area contributed by atoms with Crippen LogP contribution in [0.15, 0.2) is 48.5 Å². The molecule has 2 aromatic carbocycles. The van der Waals surface area contributed by atoms with Crippen molar-refractivity contribution in [2.45, 2.75) is 32.4 Å². The molecule has 0 spiro atoms. The first kappa shape index (κ1) is 21.1. The Kier molecular flexibility index (Phi) is 5.31. The van der Waals surface area contributed by atoms with E-state index in [-0.39, 0.29) is 12.5 Å². The molecule has 4 atom stereocenters. The minimum absolute atomic E-state index is 0.185. The van der Waals surface area contributed by atoms with Crippen LogP contribution in [0, 0.1) is 18.8 Å². The fourth-order valence-electron chi connectivity index (χ4n) is 4.81. The fraction of sp³-hybridized carbons (Fsp3) is 0.375. The molecule has 2 fully saturated rings. The molecule has 2 aliphatic heterocycles. The summed E-state index contributed by atoms with van der Waals surface area (Å²) in [6.45, 7) is 5.51. The second-order valence-corrected chi connectivity index (χ2v) is 8.12. The van der Waals surface area contributed by atoms with Gasteiger partial charge in [-0.2, -0.15) is 0 Å². The van der Waals surface area contributed by atoms with Gasteiger partial charge in [0.1, 0.15) is 11.3 Å². The third-order valence-corrected chi connectivity index (χ3v) is 6.32. The molecule has 2 aliphatic rings. The molecule has 0 aromatic heterocycles. The summed E-state index contributed by atoms with van der Waals surface area (Å²) >= 11 is 0. The zero-order chi connectivity index (χ0) is 22.3. The van der Waals surface area contributed by atoms with E-state index in [9.17, 15) is 14.4 Å². The van der Waals surface area contributed by atoms with E-state index in [1.165, 1.54) is 12.0 Å². The molecule has 2 aromatic rings. The monoisotopic (exact) mass is 422 g/mol. The minimum atomic E-state index is -1.33. The quantitative estimate of drug-likeness (QED) is 0.589. The Morgan fingerprint density at radius 1 is 1.13 bits per heavy atom. The molecule has 162 valence electrons. The van der Waals surface area contributed by atoms with E-state index in [0.29, 0.717) is 11.4 Å². The van der Waals surface area contributed by atoms with Crippen LogP contribution in [0.5, 0.6) is 5.75 Å². The fourth-order valence-corrected chi connectivity index (χ4v) is 4.81. The maximum atomic E-state index is 13.6. The van der Waals surface area contributed by atoms with Crippen molar-refractivity contribution in [1.29, 1.82) is 0 Å². The predicted octanol–water partition coefficient (Wildman–Crippen LogP) is 2.78. The lowest BCUT2D eigenvalue weighted by Gasteiger charge is -2.29. The maximum absolute atomic E-state index is 13.6. The van der Waals surface area contributed by atoms with Crippen molar-refractivity contribution in [3.05, 3.63) is 59.7 Å². The molecule has 0 bridgehead atoms. The van der Waals surface area contributed by atoms with E-state index in [2.05, 4.69) is 5.32 Å². The van der Waals surface area contributed by atoms with E-state index in [0.717, 1.165) is 11.1 Å². The van der Waals surface area contributed by atoms with E-state index >= 15 is 0 Å². The van der Waals surface area contributed by atoms with Gasteiger partial charge in [-0.1, -0.05) is 30.3 Å². The van der Waals surface area contributed by atoms with Crippen LogP contribution in [0.2, 0.25) is 0 Å². The van der Waals surface area contributed by atoms with Crippen LogP contribution in [-0.2, 0) is 19.1 Å². The normalized spacial score (nSPS) is 27.4. The number of hydrogen-bond donors (Lipinski definition) is 1. The molecule has 1 N–H and O–H groups in total. The molecular formula is C24H26N2O5. The Labute approximate surface area is 181 Å². The van der Waals surface area contributed by atoms with E-state index < -0.39 is 35.3 Å². The molecule has 31 heavy (non-hydrogen) atoms. The lowest BCUT2D eigenvalue weighted by atomic mass is 9.80. The number of amides is 2. The molecule has 7 nitrogen and oxygen atoms in total. The third-order valence-electron chi connectivity index (χ3n) is 6.32. The summed E-state index contributed by atoms with van der Waals surface area (Å²) in [5.74, 6) is -2.35. The number of fused-ring (bicyclic) bond motifs is 1. The zero-order valence-electron chi connectivity index (χ0n) is 18.0. The van der Waals surface area contributed by atoms with Gasteiger partial charge in [0.25, 0.3) is 0 Å². The summed E-state index contributed by atoms with van der Waals surface area (Å²) < 4.78 is 10.6. The Bertz CT molecular complexity index is 1050. The Balaban J connectivity index is 1.83. The van der Waals surface area contributed by atoms with Gasteiger partial charge in [-0.15, -0.1) is 0 Å². The van der Waals surface area contributed by atoms with E-state index in [1.807, 2.05) is 31.2 Å². The van der Waals surface area contributed by atoms with Gasteiger partial charge in [-0.25, -0.2) is 4.90 Å². The van der Waals surface area contributed by atoms with Crippen molar-refractivity contribution in [2.24, 2.45) is 11.8 Å². The van der Waals surface area contributed by atoms with Gasteiger partial charge < -0.3 is 9.47 Å². The van der Waals surface area contributed by atoms with Crippen molar-refractivity contribution in [3.8, 4) is 5.75 Å². The molecule has 4 rings (SSSR count). The number of esters is 1. The number of ether oxygens (including phenoxy) is 2. The molecule has 0 saturated carbocycles. The number of carbonyl (C=O) groups is 3. The zero-order valence-corrected chi connectivity index (χ0v) is 18.0. The highest BCUT2D eigenvalue weighted by Crippen LogP contribution is 2.50. The standard InChI is InChI=1S/C24H26N2O5/c1-5-31-23(29)24(3)19-18(20(25-24)17-12-7-6-9-14(17)2)21(27)26(22(19)28)15-10-8-11-16(13-15)30-4/h6-13,18-20,25H,5H2,1-4H3/t18-,19-,20+,24+/m0/s1. The van der Waals surface area contributed by atoms with Gasteiger partial charge in [-0.05, 0) is 44.0 Å². The highest BCUT2D eigenvalue weighted by Gasteiger charge is 2.67. The number of aryl methyl sites for hydroxylation is 1. The second kappa shape index (κ2) is 7.81. The van der Waals surface area contributed by atoms with Gasteiger partial charge in [-0.3, -0.25) is 19.7 Å². The largest absolute Gasteiger partial charge is 0.497 e. The first-order chi connectivity index (χ1) is 14.8. The molecule has 0 unspecified atom stereocenters. The molecule has 7 heteroatoms. The molecule has 2 amide bonds. The topological polar surface area (TPSA) is 84.9 Å². The summed E-state index contributed by atoms with van der Waals surface area (Å²) in [4.78, 5) is 41.4. The summed E-state index contributed by atoms with van der Waals surface area (Å²) in [6.07, 6.45) is 0. The van der Waals surface area contributed by atoms with Crippen LogP contribution in [0.3, 0.4) is 0 Å². The summed E-state index contributed by atoms with van der Waals surface area (Å²) in [7, 11) is 1.53. The van der Waals surface area contributed by atoms with Crippen molar-refractivity contribution in [3.63, 3.8) is 0 Å². The van der Waals surface area contributed by atoms with Crippen LogP contribution < -0.4 is 15.0 Å². The maximum Gasteiger partial charge on any atom is 0.326 e. The van der Waals surface area contributed by atoms with E-state index in [4.69, 9.17) is 9.47 Å². The van der Waals surface area contributed by atoms with Crippen molar-refractivity contribution in [1.82, 2.24) is 5.32 Å². The average Bonchev–Trinajstić information content (AvgIpc) is 3.22. The predicted molar refractivity (Wildman–Crippen MR) is 115 cm³/mol. The van der Waals surface area contributed by atoms with Crippen molar-refractivity contribution in [2.75, 3.05) is 18.6 Å². The number of imide groups is 1. The Morgan fingerprint density at radius 2 is 1.87 bits per heavy atom. The lowest BCUT2D eigenvalue weighted by molar-refractivity contribution is -0.153. The lowest BCUT2D eigenvalue weighted by Crippen LogP contribution is -2.54. The molecule has 2 heterocycles. The summed E-state index contributed by atoms with van der Waals surface area (Å²) in [5.41, 5.74) is 0.971. The van der Waals surface area contributed by atoms with Gasteiger partial charge in [0.05, 0.1) is 31.2 Å². The van der Waals surface area contributed by atoms with Gasteiger partial charge in [0, 0.05) is 12.1 Å². The highest BCUT2D eigenvalue weighted by molar-refractivity contribution is 6.24. The number of nitrogens with one attached hydrogen (secondary N) is 1. The van der Waals surface area contributed by atoms with Crippen LogP contribution >= 0.6 is 0 Å². The first-order valence-corrected chi connectivity index (χ1v) is 10.4. The third kappa shape index (κ3) is 3.20. The van der Waals surface area contributed by atoms with Gasteiger partial charge in [0.2, 0.25) is 11.8 Å². The minimum Gasteiger partial charge on any atom is -0.497 e. The number of anilines is 1. The highest BCUT2D eigenvalue weighted by atomic mass is 16.5. The SMILES string of the molecule is CCOC(=O)[C@]1(C)N[C@H](c2ccccc2C)[C@H]2C(=O)N(c3cccc(OC)c3)C(=O)[C@H]21. The molecule has 0 aliphatic carbocycles. The smallest absolute Gasteiger partial charge is 0.326 e. The van der Waals surface area contributed by atoms with Crippen LogP contribution in [0.25, 0.3) is 0 Å². The van der Waals surface area contributed by atoms with Crippen LogP contribution in [-0.4, -0.2) is 37.0 Å². The number of carbonyl (C=O) groups excluding carboxylic acids is 3. The Morgan fingerprint density at radius 3 is 2.55 bits per heavy atom. The van der Waals surface area contributed by atoms with Crippen LogP contribution in [0.1, 0.15) is 31.0 Å². The number of rotatable bonds is 5. The van der Waals surface area contributed by atoms with E-state index in [1.54, 1.807) is 38.1 Å². The molecular weight excluding hydrogens is 396 g/mol. The van der Waals surface area contributed by atoms with Crippen molar-refractivity contribution < 1.29 is 23.9 Å². The number of hydrogen-bond acceptors (Lipinski definition) is 6. The average molecular weight is 422 g/mol. The van der Waals surface area contributed by atoms with Crippen LogP contribution in [0.4, 0.5) is 5.69 Å². The number of benzene rings is 2. The Hall–Kier alpha value is -3.19. The summed E-state index contributed by atoms with van der Waals surface area (Å²) in [6, 6.07) is 14.0. The van der Waals surface area contributed by atoms with Gasteiger partial charge in [0.15, 0.2) is 0 Å².